The first-order valence-corrected chi connectivity index (χ1v) is 7.05. The number of piperidine rings is 1. The Morgan fingerprint density at radius 3 is 2.76 bits per heavy atom. The van der Waals surface area contributed by atoms with E-state index in [2.05, 4.69) is 30.1 Å². The van der Waals surface area contributed by atoms with Gasteiger partial charge in [-0.05, 0) is 45.7 Å². The maximum absolute atomic E-state index is 9.24. The van der Waals surface area contributed by atoms with Gasteiger partial charge < -0.3 is 4.90 Å². The molecule has 98 valence electrons. The van der Waals surface area contributed by atoms with Gasteiger partial charge >= 0.3 is 0 Å². The number of nitriles is 1. The Kier molecular flexibility index (Phi) is 5.94. The summed E-state index contributed by atoms with van der Waals surface area (Å²) in [5.74, 6) is 0. The monoisotopic (exact) mass is 237 g/mol. The van der Waals surface area contributed by atoms with Crippen molar-refractivity contribution in [2.45, 2.75) is 64.5 Å². The third-order valence-electron chi connectivity index (χ3n) is 3.93. The van der Waals surface area contributed by atoms with Gasteiger partial charge in [0.2, 0.25) is 0 Å². The molecule has 0 saturated carbocycles. The molecule has 1 N–H and O–H groups in total. The molecule has 0 radical (unpaired) electrons. The Labute approximate surface area is 106 Å². The van der Waals surface area contributed by atoms with Crippen molar-refractivity contribution in [2.24, 2.45) is 0 Å². The minimum atomic E-state index is -0.357. The highest BCUT2D eigenvalue weighted by Crippen LogP contribution is 2.21. The molecule has 3 heteroatoms. The first kappa shape index (κ1) is 14.5. The molecule has 2 atom stereocenters. The molecule has 1 aliphatic rings. The number of hydrogen-bond acceptors (Lipinski definition) is 3. The van der Waals surface area contributed by atoms with Crippen LogP contribution in [0, 0.1) is 11.3 Å². The molecule has 0 aromatic rings. The van der Waals surface area contributed by atoms with Crippen molar-refractivity contribution in [3.8, 4) is 6.07 Å². The quantitative estimate of drug-likeness (QED) is 0.771. The van der Waals surface area contributed by atoms with Crippen LogP contribution in [0.4, 0.5) is 0 Å². The highest BCUT2D eigenvalue weighted by atomic mass is 15.2. The number of likely N-dealkylation sites (tertiary alicyclic amines) is 1. The number of hydrogen-bond donors (Lipinski definition) is 1. The van der Waals surface area contributed by atoms with E-state index in [-0.39, 0.29) is 5.54 Å². The lowest BCUT2D eigenvalue weighted by Crippen LogP contribution is -2.46. The minimum absolute atomic E-state index is 0.357. The Balaban J connectivity index is 2.45. The van der Waals surface area contributed by atoms with Crippen LogP contribution < -0.4 is 5.32 Å². The highest BCUT2D eigenvalue weighted by molar-refractivity contribution is 5.04. The highest BCUT2D eigenvalue weighted by Gasteiger charge is 2.26. The Morgan fingerprint density at radius 2 is 2.18 bits per heavy atom. The van der Waals surface area contributed by atoms with Gasteiger partial charge in [0.05, 0.1) is 6.07 Å². The number of nitrogens with zero attached hydrogens (tertiary/aromatic N) is 2. The molecule has 0 aliphatic carbocycles. The van der Waals surface area contributed by atoms with E-state index in [9.17, 15) is 5.26 Å². The molecule has 3 nitrogen and oxygen atoms in total. The fourth-order valence-corrected chi connectivity index (χ4v) is 2.76. The van der Waals surface area contributed by atoms with Crippen molar-refractivity contribution < 1.29 is 0 Å². The van der Waals surface area contributed by atoms with E-state index >= 15 is 0 Å². The van der Waals surface area contributed by atoms with Gasteiger partial charge in [0, 0.05) is 12.6 Å². The lowest BCUT2D eigenvalue weighted by Gasteiger charge is -2.37. The molecule has 1 fully saturated rings. The molecule has 0 bridgehead atoms. The van der Waals surface area contributed by atoms with Gasteiger partial charge in [0.25, 0.3) is 0 Å². The minimum Gasteiger partial charge on any atom is -0.300 e. The third-order valence-corrected chi connectivity index (χ3v) is 3.93. The second kappa shape index (κ2) is 6.98. The molecule has 17 heavy (non-hydrogen) atoms. The molecule has 2 unspecified atom stereocenters. The summed E-state index contributed by atoms with van der Waals surface area (Å²) in [5, 5.41) is 12.5. The van der Waals surface area contributed by atoms with E-state index < -0.39 is 0 Å². The molecule has 1 aliphatic heterocycles. The summed E-state index contributed by atoms with van der Waals surface area (Å²) in [6.45, 7) is 9.48. The summed E-state index contributed by atoms with van der Waals surface area (Å²) in [6, 6.07) is 3.16. The SMILES string of the molecule is CCNC(C)(C#N)CCN1CCCCC1CC. The van der Waals surface area contributed by atoms with Crippen LogP contribution >= 0.6 is 0 Å². The first-order valence-electron chi connectivity index (χ1n) is 7.05. The van der Waals surface area contributed by atoms with Crippen molar-refractivity contribution in [3.05, 3.63) is 0 Å². The Bertz CT molecular complexity index is 259. The van der Waals surface area contributed by atoms with Crippen molar-refractivity contribution in [3.63, 3.8) is 0 Å². The predicted molar refractivity (Wildman–Crippen MR) is 71.8 cm³/mol. The van der Waals surface area contributed by atoms with Gasteiger partial charge in [-0.25, -0.2) is 0 Å². The maximum Gasteiger partial charge on any atom is 0.105 e. The topological polar surface area (TPSA) is 39.1 Å². The van der Waals surface area contributed by atoms with Crippen molar-refractivity contribution in [1.29, 1.82) is 5.26 Å². The van der Waals surface area contributed by atoms with Crippen LogP contribution in [0.1, 0.15) is 52.9 Å². The summed E-state index contributed by atoms with van der Waals surface area (Å²) < 4.78 is 0. The molecule has 0 aromatic heterocycles. The van der Waals surface area contributed by atoms with Crippen LogP contribution in [0.3, 0.4) is 0 Å². The zero-order valence-electron chi connectivity index (χ0n) is 11.6. The van der Waals surface area contributed by atoms with Crippen molar-refractivity contribution in [1.82, 2.24) is 10.2 Å². The average molecular weight is 237 g/mol. The van der Waals surface area contributed by atoms with Crippen LogP contribution in [0.2, 0.25) is 0 Å². The van der Waals surface area contributed by atoms with Gasteiger partial charge in [0.1, 0.15) is 5.54 Å². The Hall–Kier alpha value is -0.590. The van der Waals surface area contributed by atoms with E-state index in [0.29, 0.717) is 0 Å². The predicted octanol–water partition coefficient (Wildman–Crippen LogP) is 2.53. The van der Waals surface area contributed by atoms with Crippen molar-refractivity contribution >= 4 is 0 Å². The molecular weight excluding hydrogens is 210 g/mol. The summed E-state index contributed by atoms with van der Waals surface area (Å²) in [7, 11) is 0. The molecule has 0 amide bonds. The normalized spacial score (nSPS) is 25.2. The molecule has 1 heterocycles. The second-order valence-electron chi connectivity index (χ2n) is 5.32. The fraction of sp³-hybridized carbons (Fsp3) is 0.929. The summed E-state index contributed by atoms with van der Waals surface area (Å²) in [6.07, 6.45) is 6.19. The van der Waals surface area contributed by atoms with E-state index in [1.807, 2.05) is 6.92 Å². The summed E-state index contributed by atoms with van der Waals surface area (Å²) in [4.78, 5) is 2.58. The third kappa shape index (κ3) is 4.29. The van der Waals surface area contributed by atoms with Gasteiger partial charge in [-0.1, -0.05) is 20.3 Å². The van der Waals surface area contributed by atoms with Gasteiger partial charge in [-0.3, -0.25) is 5.32 Å². The van der Waals surface area contributed by atoms with Gasteiger partial charge in [-0.15, -0.1) is 0 Å². The van der Waals surface area contributed by atoms with Crippen LogP contribution in [0.25, 0.3) is 0 Å². The van der Waals surface area contributed by atoms with Crippen LogP contribution in [-0.2, 0) is 0 Å². The van der Waals surface area contributed by atoms with Crippen molar-refractivity contribution in [2.75, 3.05) is 19.6 Å². The summed E-state index contributed by atoms with van der Waals surface area (Å²) in [5.41, 5.74) is -0.357. The standard InChI is InChI=1S/C14H27N3/c1-4-13-8-6-7-10-17(13)11-9-14(3,12-15)16-5-2/h13,16H,4-11H2,1-3H3. The lowest BCUT2D eigenvalue weighted by atomic mass is 9.95. The van der Waals surface area contributed by atoms with Crippen LogP contribution in [0.5, 0.6) is 0 Å². The first-order chi connectivity index (χ1) is 8.15. The molecule has 1 rings (SSSR count). The maximum atomic E-state index is 9.24. The van der Waals surface area contributed by atoms with E-state index in [1.54, 1.807) is 0 Å². The largest absolute Gasteiger partial charge is 0.300 e. The molecule has 1 saturated heterocycles. The van der Waals surface area contributed by atoms with E-state index in [0.717, 1.165) is 25.6 Å². The molecule has 0 aromatic carbocycles. The second-order valence-corrected chi connectivity index (χ2v) is 5.32. The van der Waals surface area contributed by atoms with Crippen LogP contribution in [0.15, 0.2) is 0 Å². The number of rotatable bonds is 6. The Morgan fingerprint density at radius 1 is 1.41 bits per heavy atom. The van der Waals surface area contributed by atoms with Crippen LogP contribution in [-0.4, -0.2) is 36.1 Å². The molecular formula is C14H27N3. The zero-order chi connectivity index (χ0) is 12.7. The molecule has 0 spiro atoms. The fourth-order valence-electron chi connectivity index (χ4n) is 2.76. The summed E-state index contributed by atoms with van der Waals surface area (Å²) >= 11 is 0. The van der Waals surface area contributed by atoms with Gasteiger partial charge in [-0.2, -0.15) is 5.26 Å². The van der Waals surface area contributed by atoms with E-state index in [1.165, 1.54) is 32.2 Å². The van der Waals surface area contributed by atoms with Gasteiger partial charge in [0.15, 0.2) is 0 Å². The zero-order valence-corrected chi connectivity index (χ0v) is 11.6. The lowest BCUT2D eigenvalue weighted by molar-refractivity contribution is 0.133. The van der Waals surface area contributed by atoms with E-state index in [4.69, 9.17) is 0 Å². The average Bonchev–Trinajstić information content (AvgIpc) is 2.37. The smallest absolute Gasteiger partial charge is 0.105 e. The number of nitrogens with one attached hydrogen (secondary N) is 1.